The molecule has 0 aromatic heterocycles. The molecular formula is C22H21ClF3NO4S. The summed E-state index contributed by atoms with van der Waals surface area (Å²) in [7, 11) is -3.91. The van der Waals surface area contributed by atoms with Gasteiger partial charge in [0.1, 0.15) is 0 Å². The van der Waals surface area contributed by atoms with Crippen LogP contribution < -0.4 is 5.32 Å². The van der Waals surface area contributed by atoms with Gasteiger partial charge in [-0.25, -0.2) is 21.6 Å². The van der Waals surface area contributed by atoms with Crippen LogP contribution in [0, 0.1) is 29.3 Å². The van der Waals surface area contributed by atoms with Gasteiger partial charge in [0, 0.05) is 23.4 Å². The Kier molecular flexibility index (Phi) is 5.80. The standard InChI is InChI=1S/C22H21ClF3NO4S/c1-22(29)12-3-4-13(22)8-15(7-12)32(30,31)19-6-11(2-5-16(19)23)21(28)27-14-9-17(24)20(26)18(25)10-14/h2,5-6,9-10,12-13,15,29H,3-4,7-8H2,1H3,(H,27,28)/t12-,13?,15+,22-/m0/s1. The maximum Gasteiger partial charge on any atom is 0.255 e. The number of fused-ring (bicyclic) bond motifs is 2. The molecule has 2 aliphatic carbocycles. The maximum atomic E-state index is 13.4. The zero-order chi connectivity index (χ0) is 23.4. The molecule has 172 valence electrons. The van der Waals surface area contributed by atoms with Gasteiger partial charge in [-0.3, -0.25) is 4.79 Å². The summed E-state index contributed by atoms with van der Waals surface area (Å²) in [6.45, 7) is 1.75. The van der Waals surface area contributed by atoms with Gasteiger partial charge < -0.3 is 10.4 Å². The van der Waals surface area contributed by atoms with Crippen LogP contribution in [0.4, 0.5) is 18.9 Å². The lowest BCUT2D eigenvalue weighted by molar-refractivity contribution is -0.0413. The summed E-state index contributed by atoms with van der Waals surface area (Å²) in [5.74, 6) is -5.70. The molecule has 2 fully saturated rings. The number of benzene rings is 2. The van der Waals surface area contributed by atoms with Crippen LogP contribution in [0.1, 0.15) is 43.0 Å². The van der Waals surface area contributed by atoms with Gasteiger partial charge in [0.2, 0.25) is 0 Å². The molecule has 1 amide bonds. The fourth-order valence-electron chi connectivity index (χ4n) is 4.89. The summed E-state index contributed by atoms with van der Waals surface area (Å²) in [5, 5.41) is 12.1. The SMILES string of the molecule is C[C@@]1(O)C2CC[C@H]1C[C@@H](S(=O)(=O)c1cc(C(=O)Nc3cc(F)c(F)c(F)c3)ccc1Cl)C2. The highest BCUT2D eigenvalue weighted by Crippen LogP contribution is 2.51. The lowest BCUT2D eigenvalue weighted by Gasteiger charge is -2.40. The molecular weight excluding hydrogens is 467 g/mol. The highest BCUT2D eigenvalue weighted by Gasteiger charge is 2.53. The predicted molar refractivity (Wildman–Crippen MR) is 113 cm³/mol. The first-order valence-corrected chi connectivity index (χ1v) is 12.1. The van der Waals surface area contributed by atoms with Crippen molar-refractivity contribution in [2.24, 2.45) is 11.8 Å². The Labute approximate surface area is 188 Å². The van der Waals surface area contributed by atoms with Gasteiger partial charge in [-0.05, 0) is 62.6 Å². The topological polar surface area (TPSA) is 83.5 Å². The molecule has 0 saturated heterocycles. The third kappa shape index (κ3) is 3.91. The van der Waals surface area contributed by atoms with E-state index in [1.807, 2.05) is 0 Å². The Bertz CT molecular complexity index is 1160. The van der Waals surface area contributed by atoms with Crippen LogP contribution in [0.25, 0.3) is 0 Å². The van der Waals surface area contributed by atoms with E-state index in [1.165, 1.54) is 12.1 Å². The lowest BCUT2D eigenvalue weighted by Crippen LogP contribution is -2.45. The van der Waals surface area contributed by atoms with Crippen molar-refractivity contribution in [3.8, 4) is 0 Å². The zero-order valence-electron chi connectivity index (χ0n) is 17.0. The summed E-state index contributed by atoms with van der Waals surface area (Å²) in [4.78, 5) is 12.4. The number of anilines is 1. The van der Waals surface area contributed by atoms with E-state index in [9.17, 15) is 31.5 Å². The van der Waals surface area contributed by atoms with E-state index in [2.05, 4.69) is 5.32 Å². The van der Waals surface area contributed by atoms with Crippen molar-refractivity contribution in [1.29, 1.82) is 0 Å². The molecule has 2 aromatic carbocycles. The quantitative estimate of drug-likeness (QED) is 0.611. The molecule has 10 heteroatoms. The summed E-state index contributed by atoms with van der Waals surface area (Å²) in [6.07, 6.45) is 2.11. The van der Waals surface area contributed by atoms with Crippen LogP contribution in [-0.2, 0) is 9.84 Å². The maximum absolute atomic E-state index is 13.4. The van der Waals surface area contributed by atoms with Gasteiger partial charge in [0.15, 0.2) is 27.3 Å². The molecule has 0 heterocycles. The largest absolute Gasteiger partial charge is 0.390 e. The van der Waals surface area contributed by atoms with Gasteiger partial charge in [-0.15, -0.1) is 0 Å². The molecule has 2 aromatic rings. The average molecular weight is 488 g/mol. The second-order valence-electron chi connectivity index (χ2n) is 8.69. The molecule has 2 N–H and O–H groups in total. The Morgan fingerprint density at radius 3 is 2.22 bits per heavy atom. The van der Waals surface area contributed by atoms with Crippen molar-refractivity contribution in [3.05, 3.63) is 58.4 Å². The van der Waals surface area contributed by atoms with Crippen molar-refractivity contribution in [2.75, 3.05) is 5.32 Å². The van der Waals surface area contributed by atoms with Crippen molar-refractivity contribution in [3.63, 3.8) is 0 Å². The molecule has 0 spiro atoms. The number of amides is 1. The molecule has 2 bridgehead atoms. The van der Waals surface area contributed by atoms with Gasteiger partial charge in [-0.2, -0.15) is 0 Å². The van der Waals surface area contributed by atoms with Gasteiger partial charge in [0.25, 0.3) is 5.91 Å². The number of rotatable bonds is 4. The number of sulfone groups is 1. The monoisotopic (exact) mass is 487 g/mol. The molecule has 4 rings (SSSR count). The number of nitrogens with one attached hydrogen (secondary N) is 1. The second-order valence-corrected chi connectivity index (χ2v) is 11.3. The highest BCUT2D eigenvalue weighted by molar-refractivity contribution is 7.92. The van der Waals surface area contributed by atoms with Crippen molar-refractivity contribution < 1.29 is 31.5 Å². The van der Waals surface area contributed by atoms with Gasteiger partial charge in [0.05, 0.1) is 20.8 Å². The summed E-state index contributed by atoms with van der Waals surface area (Å²) in [5.41, 5.74) is -1.31. The first kappa shape index (κ1) is 23.1. The second kappa shape index (κ2) is 8.04. The minimum atomic E-state index is -3.91. The van der Waals surface area contributed by atoms with E-state index in [4.69, 9.17) is 11.6 Å². The normalized spacial score (nSPS) is 27.4. The predicted octanol–water partition coefficient (Wildman–Crippen LogP) is 4.72. The third-order valence-electron chi connectivity index (χ3n) is 6.79. The van der Waals surface area contributed by atoms with Crippen LogP contribution in [0.2, 0.25) is 5.02 Å². The smallest absolute Gasteiger partial charge is 0.255 e. The average Bonchev–Trinajstić information content (AvgIpc) is 2.88. The minimum absolute atomic E-state index is 0.0508. The lowest BCUT2D eigenvalue weighted by atomic mass is 9.76. The number of hydrogen-bond acceptors (Lipinski definition) is 4. The Balaban J connectivity index is 1.61. The Morgan fingerprint density at radius 2 is 1.66 bits per heavy atom. The zero-order valence-corrected chi connectivity index (χ0v) is 18.6. The number of hydrogen-bond donors (Lipinski definition) is 2. The van der Waals surface area contributed by atoms with Crippen molar-refractivity contribution in [1.82, 2.24) is 0 Å². The van der Waals surface area contributed by atoms with E-state index in [1.54, 1.807) is 6.92 Å². The van der Waals surface area contributed by atoms with Crippen LogP contribution in [0.3, 0.4) is 0 Å². The molecule has 32 heavy (non-hydrogen) atoms. The number of halogens is 4. The minimum Gasteiger partial charge on any atom is -0.390 e. The van der Waals surface area contributed by atoms with Crippen molar-refractivity contribution >= 4 is 33.0 Å². The molecule has 5 nitrogen and oxygen atoms in total. The summed E-state index contributed by atoms with van der Waals surface area (Å²) in [6, 6.07) is 4.91. The third-order valence-corrected chi connectivity index (χ3v) is 9.45. The summed E-state index contributed by atoms with van der Waals surface area (Å²) >= 11 is 6.17. The first-order valence-electron chi connectivity index (χ1n) is 10.1. The van der Waals surface area contributed by atoms with Crippen LogP contribution >= 0.6 is 11.6 Å². The van der Waals surface area contributed by atoms with E-state index >= 15 is 0 Å². The van der Waals surface area contributed by atoms with Gasteiger partial charge in [-0.1, -0.05) is 11.6 Å². The Hall–Kier alpha value is -2.10. The van der Waals surface area contributed by atoms with Gasteiger partial charge >= 0.3 is 0 Å². The van der Waals surface area contributed by atoms with Crippen molar-refractivity contribution in [2.45, 2.75) is 48.4 Å². The van der Waals surface area contributed by atoms with E-state index in [-0.39, 0.29) is 33.0 Å². The highest BCUT2D eigenvalue weighted by atomic mass is 35.5. The number of aliphatic hydroxyl groups is 1. The molecule has 2 aliphatic rings. The molecule has 4 atom stereocenters. The van der Waals surface area contributed by atoms with E-state index in [0.717, 1.165) is 18.9 Å². The van der Waals surface area contributed by atoms with E-state index < -0.39 is 44.0 Å². The molecule has 1 unspecified atom stereocenters. The fourth-order valence-corrected chi connectivity index (χ4v) is 7.29. The summed E-state index contributed by atoms with van der Waals surface area (Å²) < 4.78 is 66.7. The molecule has 0 aliphatic heterocycles. The molecule has 0 radical (unpaired) electrons. The number of carbonyl (C=O) groups excluding carboxylic acids is 1. The van der Waals surface area contributed by atoms with Crippen LogP contribution in [0.5, 0.6) is 0 Å². The molecule has 2 saturated carbocycles. The van der Waals surface area contributed by atoms with E-state index in [0.29, 0.717) is 25.0 Å². The van der Waals surface area contributed by atoms with Crippen LogP contribution in [-0.4, -0.2) is 30.3 Å². The first-order chi connectivity index (χ1) is 14.9. The van der Waals surface area contributed by atoms with Crippen LogP contribution in [0.15, 0.2) is 35.2 Å². The fraction of sp³-hybridized carbons (Fsp3) is 0.409. The number of carbonyl (C=O) groups is 1. The Morgan fingerprint density at radius 1 is 1.09 bits per heavy atom.